The zero-order valence-electron chi connectivity index (χ0n) is 10.9. The molecular weight excluding hydrogens is 273 g/mol. The molecule has 1 aromatic heterocycles. The highest BCUT2D eigenvalue weighted by atomic mass is 35.5. The molecule has 4 nitrogen and oxygen atoms in total. The van der Waals surface area contributed by atoms with Gasteiger partial charge in [0.2, 0.25) is 0 Å². The van der Waals surface area contributed by atoms with Gasteiger partial charge >= 0.3 is 0 Å². The van der Waals surface area contributed by atoms with Crippen molar-refractivity contribution in [1.29, 1.82) is 0 Å². The highest BCUT2D eigenvalue weighted by Crippen LogP contribution is 2.14. The molecule has 0 saturated heterocycles. The Hall–Kier alpha value is -0.740. The van der Waals surface area contributed by atoms with Crippen LogP contribution in [0.5, 0.6) is 0 Å². The summed E-state index contributed by atoms with van der Waals surface area (Å²) in [6.45, 7) is 6.63. The third-order valence-corrected chi connectivity index (χ3v) is 3.67. The molecule has 0 saturated carbocycles. The summed E-state index contributed by atoms with van der Waals surface area (Å²) in [5.41, 5.74) is -0.681. The maximum Gasteiger partial charge on any atom is 0.293 e. The summed E-state index contributed by atoms with van der Waals surface area (Å²) >= 11 is 11.7. The predicted molar refractivity (Wildman–Crippen MR) is 76.8 cm³/mol. The number of nitrogens with one attached hydrogen (secondary N) is 1. The van der Waals surface area contributed by atoms with Gasteiger partial charge in [0.05, 0.1) is 5.54 Å². The summed E-state index contributed by atoms with van der Waals surface area (Å²) in [5.74, 6) is 1.29. The van der Waals surface area contributed by atoms with Crippen LogP contribution in [0.4, 0.5) is 5.82 Å². The quantitative estimate of drug-likeness (QED) is 0.820. The fraction of sp³-hybridized carbons (Fsp3) is 0.667. The van der Waals surface area contributed by atoms with Crippen LogP contribution in [-0.4, -0.2) is 26.9 Å². The molecule has 1 N–H and O–H groups in total. The number of hydrogen-bond donors (Lipinski definition) is 1. The van der Waals surface area contributed by atoms with Crippen molar-refractivity contribution in [3.63, 3.8) is 0 Å². The Morgan fingerprint density at radius 1 is 1.44 bits per heavy atom. The largest absolute Gasteiger partial charge is 0.358 e. The first-order chi connectivity index (χ1) is 8.41. The van der Waals surface area contributed by atoms with Gasteiger partial charge in [-0.3, -0.25) is 4.79 Å². The van der Waals surface area contributed by atoms with Crippen molar-refractivity contribution in [3.8, 4) is 0 Å². The van der Waals surface area contributed by atoms with Crippen LogP contribution in [-0.2, 0) is 6.54 Å². The van der Waals surface area contributed by atoms with Crippen LogP contribution in [0.25, 0.3) is 0 Å². The van der Waals surface area contributed by atoms with E-state index in [2.05, 4.69) is 24.1 Å². The van der Waals surface area contributed by atoms with E-state index in [9.17, 15) is 4.79 Å². The maximum absolute atomic E-state index is 12.2. The van der Waals surface area contributed by atoms with Crippen molar-refractivity contribution in [2.24, 2.45) is 5.92 Å². The molecule has 0 unspecified atom stereocenters. The number of hydrogen-bond acceptors (Lipinski definition) is 3. The average molecular weight is 292 g/mol. The van der Waals surface area contributed by atoms with Crippen LogP contribution in [0.1, 0.15) is 20.8 Å². The zero-order valence-corrected chi connectivity index (χ0v) is 12.4. The van der Waals surface area contributed by atoms with E-state index >= 15 is 0 Å². The summed E-state index contributed by atoms with van der Waals surface area (Å²) in [7, 11) is 0. The Morgan fingerprint density at radius 2 is 2.06 bits per heavy atom. The molecular formula is C12H19Cl2N3O. The van der Waals surface area contributed by atoms with Crippen molar-refractivity contribution < 1.29 is 0 Å². The van der Waals surface area contributed by atoms with Crippen LogP contribution >= 0.6 is 23.2 Å². The van der Waals surface area contributed by atoms with E-state index in [1.54, 1.807) is 17.0 Å². The number of aromatic nitrogens is 2. The molecule has 1 rings (SSSR count). The lowest BCUT2D eigenvalue weighted by Gasteiger charge is -2.26. The first-order valence-electron chi connectivity index (χ1n) is 5.87. The van der Waals surface area contributed by atoms with E-state index in [-0.39, 0.29) is 5.56 Å². The van der Waals surface area contributed by atoms with E-state index in [0.717, 1.165) is 0 Å². The Balaban J connectivity index is 3.01. The van der Waals surface area contributed by atoms with Gasteiger partial charge < -0.3 is 9.88 Å². The number of nitrogens with zero attached hydrogens (tertiary/aromatic N) is 2. The summed E-state index contributed by atoms with van der Waals surface area (Å²) in [4.78, 5) is 16.2. The lowest BCUT2D eigenvalue weighted by atomic mass is 10.1. The molecule has 102 valence electrons. The van der Waals surface area contributed by atoms with Crippen LogP contribution < -0.4 is 10.9 Å². The third-order valence-electron chi connectivity index (χ3n) is 2.49. The molecule has 0 spiro atoms. The smallest absolute Gasteiger partial charge is 0.293 e. The molecule has 1 heterocycles. The van der Waals surface area contributed by atoms with Gasteiger partial charge in [0.25, 0.3) is 5.56 Å². The molecule has 0 fully saturated rings. The number of rotatable bonds is 6. The SMILES string of the molecule is CC(C)Cn1ccnc(NC(C)(CCl)CCl)c1=O. The van der Waals surface area contributed by atoms with Gasteiger partial charge in [-0.2, -0.15) is 0 Å². The fourth-order valence-corrected chi connectivity index (χ4v) is 1.88. The van der Waals surface area contributed by atoms with Crippen molar-refractivity contribution in [1.82, 2.24) is 9.55 Å². The number of halogens is 2. The summed E-state index contributed by atoms with van der Waals surface area (Å²) < 4.78 is 1.64. The van der Waals surface area contributed by atoms with Crippen molar-refractivity contribution in [2.75, 3.05) is 17.1 Å². The standard InChI is InChI=1S/C12H19Cl2N3O/c1-9(2)6-17-5-4-15-10(11(17)18)16-12(3,7-13)8-14/h4-5,9H,6-8H2,1-3H3,(H,15,16). The Morgan fingerprint density at radius 3 is 2.56 bits per heavy atom. The molecule has 6 heteroatoms. The molecule has 0 aliphatic carbocycles. The molecule has 0 radical (unpaired) electrons. The Bertz CT molecular complexity index is 441. The van der Waals surface area contributed by atoms with Gasteiger partial charge in [-0.05, 0) is 12.8 Å². The number of alkyl halides is 2. The van der Waals surface area contributed by atoms with E-state index in [4.69, 9.17) is 23.2 Å². The van der Waals surface area contributed by atoms with Crippen LogP contribution in [0.15, 0.2) is 17.2 Å². The van der Waals surface area contributed by atoms with Gasteiger partial charge in [-0.1, -0.05) is 13.8 Å². The van der Waals surface area contributed by atoms with Gasteiger partial charge in [0.1, 0.15) is 0 Å². The van der Waals surface area contributed by atoms with E-state index in [1.807, 2.05) is 6.92 Å². The second-order valence-corrected chi connectivity index (χ2v) is 5.61. The van der Waals surface area contributed by atoms with Crippen LogP contribution in [0.3, 0.4) is 0 Å². The molecule has 1 aromatic rings. The molecule has 0 aliphatic heterocycles. The lowest BCUT2D eigenvalue weighted by molar-refractivity contribution is 0.508. The monoisotopic (exact) mass is 291 g/mol. The predicted octanol–water partition coefficient (Wildman–Crippen LogP) is 2.55. The van der Waals surface area contributed by atoms with Gasteiger partial charge in [-0.25, -0.2) is 4.98 Å². The molecule has 0 aromatic carbocycles. The third kappa shape index (κ3) is 3.89. The average Bonchev–Trinajstić information content (AvgIpc) is 2.33. The van der Waals surface area contributed by atoms with Gasteiger partial charge in [0, 0.05) is 30.7 Å². The second kappa shape index (κ2) is 6.43. The van der Waals surface area contributed by atoms with E-state index in [0.29, 0.717) is 30.0 Å². The summed E-state index contributed by atoms with van der Waals surface area (Å²) in [6.07, 6.45) is 3.29. The molecule has 0 atom stereocenters. The van der Waals surface area contributed by atoms with Crippen molar-refractivity contribution >= 4 is 29.0 Å². The van der Waals surface area contributed by atoms with Crippen LogP contribution in [0, 0.1) is 5.92 Å². The summed E-state index contributed by atoms with van der Waals surface area (Å²) in [6, 6.07) is 0. The molecule has 18 heavy (non-hydrogen) atoms. The Kier molecular flexibility index (Phi) is 5.47. The Labute approximate surface area is 117 Å². The van der Waals surface area contributed by atoms with Crippen molar-refractivity contribution in [2.45, 2.75) is 32.9 Å². The molecule has 0 amide bonds. The topological polar surface area (TPSA) is 46.9 Å². The first-order valence-corrected chi connectivity index (χ1v) is 6.94. The molecule has 0 bridgehead atoms. The molecule has 0 aliphatic rings. The van der Waals surface area contributed by atoms with E-state index in [1.165, 1.54) is 0 Å². The van der Waals surface area contributed by atoms with Gasteiger partial charge in [0.15, 0.2) is 5.82 Å². The first kappa shape index (κ1) is 15.3. The summed E-state index contributed by atoms with van der Waals surface area (Å²) in [5, 5.41) is 3.03. The minimum absolute atomic E-state index is 0.146. The number of anilines is 1. The lowest BCUT2D eigenvalue weighted by Crippen LogP contribution is -2.42. The minimum atomic E-state index is -0.535. The normalized spacial score (nSPS) is 11.9. The van der Waals surface area contributed by atoms with Gasteiger partial charge in [-0.15, -0.1) is 23.2 Å². The van der Waals surface area contributed by atoms with E-state index < -0.39 is 5.54 Å². The highest BCUT2D eigenvalue weighted by molar-refractivity contribution is 6.22. The maximum atomic E-state index is 12.2. The zero-order chi connectivity index (χ0) is 13.8. The minimum Gasteiger partial charge on any atom is -0.358 e. The highest BCUT2D eigenvalue weighted by Gasteiger charge is 2.23. The van der Waals surface area contributed by atoms with Crippen molar-refractivity contribution in [3.05, 3.63) is 22.7 Å². The second-order valence-electron chi connectivity index (χ2n) is 5.08. The fourth-order valence-electron chi connectivity index (χ4n) is 1.46. The van der Waals surface area contributed by atoms with Crippen LogP contribution in [0.2, 0.25) is 0 Å².